The number of aromatic nitrogens is 4. The van der Waals surface area contributed by atoms with E-state index in [1.165, 1.54) is 36.1 Å². The Balaban J connectivity index is 1.55. The summed E-state index contributed by atoms with van der Waals surface area (Å²) in [4.78, 5) is 34.3. The standard InChI is InChI=1S/C28H27F4N7O3/c1-15-20(25(40)35-16(2)19-12-18(5-6-21(19)29)42-28(30,31)32)11-17(13-34-15)22-7-8-24-36-23(14-39(24)38-22)37-26(41)27(3,4)9-10-33/h5-8,10-14,16,33H,9H2,1-4H3,(H,35,40)(H,37,41)/t16-/m1/s1. The van der Waals surface area contributed by atoms with E-state index in [9.17, 15) is 27.2 Å². The van der Waals surface area contributed by atoms with Crippen molar-refractivity contribution in [3.8, 4) is 17.0 Å². The number of alkyl halides is 3. The molecule has 0 radical (unpaired) electrons. The van der Waals surface area contributed by atoms with Gasteiger partial charge in [-0.25, -0.2) is 13.9 Å². The number of imidazole rings is 1. The third kappa shape index (κ3) is 6.87. The number of carbonyl (C=O) groups is 2. The number of halogens is 4. The number of benzene rings is 1. The summed E-state index contributed by atoms with van der Waals surface area (Å²) in [5.74, 6) is -2.08. The van der Waals surface area contributed by atoms with Gasteiger partial charge in [0.15, 0.2) is 11.5 Å². The first-order valence-corrected chi connectivity index (χ1v) is 12.7. The maximum absolute atomic E-state index is 14.4. The van der Waals surface area contributed by atoms with Gasteiger partial charge < -0.3 is 20.8 Å². The molecule has 0 bridgehead atoms. The topological polar surface area (TPSA) is 134 Å². The Morgan fingerprint density at radius 3 is 2.60 bits per heavy atom. The summed E-state index contributed by atoms with van der Waals surface area (Å²) in [6.07, 6.45) is -0.477. The first kappa shape index (κ1) is 30.1. The molecule has 0 fully saturated rings. The molecule has 4 rings (SSSR count). The highest BCUT2D eigenvalue weighted by atomic mass is 19.4. The number of carbonyl (C=O) groups excluding carboxylic acids is 2. The van der Waals surface area contributed by atoms with Crippen LogP contribution in [-0.4, -0.2) is 44.0 Å². The molecule has 1 aromatic carbocycles. The zero-order chi connectivity index (χ0) is 30.8. The molecule has 3 N–H and O–H groups in total. The van der Waals surface area contributed by atoms with E-state index in [-0.39, 0.29) is 29.3 Å². The Bertz CT molecular complexity index is 1670. The number of anilines is 1. The average molecular weight is 586 g/mol. The first-order valence-electron chi connectivity index (χ1n) is 12.7. The lowest BCUT2D eigenvalue weighted by atomic mass is 9.89. The van der Waals surface area contributed by atoms with Crippen molar-refractivity contribution in [2.24, 2.45) is 5.41 Å². The zero-order valence-electron chi connectivity index (χ0n) is 23.0. The molecule has 0 saturated heterocycles. The predicted molar refractivity (Wildman–Crippen MR) is 146 cm³/mol. The number of ether oxygens (including phenoxy) is 1. The molecule has 4 aromatic rings. The second kappa shape index (κ2) is 11.5. The summed E-state index contributed by atoms with van der Waals surface area (Å²) in [5, 5.41) is 17.1. The molecule has 3 aromatic heterocycles. The lowest BCUT2D eigenvalue weighted by Gasteiger charge is -2.20. The number of rotatable bonds is 9. The minimum atomic E-state index is -4.95. The van der Waals surface area contributed by atoms with Crippen LogP contribution in [0, 0.1) is 23.6 Å². The second-order valence-electron chi connectivity index (χ2n) is 10.2. The van der Waals surface area contributed by atoms with Crippen LogP contribution in [0.1, 0.15) is 54.8 Å². The van der Waals surface area contributed by atoms with Gasteiger partial charge in [-0.1, -0.05) is 13.8 Å². The van der Waals surface area contributed by atoms with E-state index in [1.54, 1.807) is 32.9 Å². The maximum atomic E-state index is 14.4. The van der Waals surface area contributed by atoms with Gasteiger partial charge in [0.25, 0.3) is 5.91 Å². The number of nitrogens with zero attached hydrogens (tertiary/aromatic N) is 4. The van der Waals surface area contributed by atoms with Crippen LogP contribution in [0.2, 0.25) is 0 Å². The molecule has 14 heteroatoms. The van der Waals surface area contributed by atoms with Gasteiger partial charge in [0.1, 0.15) is 11.6 Å². The van der Waals surface area contributed by atoms with E-state index in [1.807, 2.05) is 0 Å². The molecule has 0 saturated carbocycles. The molecule has 3 heterocycles. The van der Waals surface area contributed by atoms with Gasteiger partial charge in [0.05, 0.1) is 29.2 Å². The van der Waals surface area contributed by atoms with E-state index < -0.39 is 35.3 Å². The Morgan fingerprint density at radius 1 is 1.17 bits per heavy atom. The van der Waals surface area contributed by atoms with Gasteiger partial charge in [-0.15, -0.1) is 13.2 Å². The summed E-state index contributed by atoms with van der Waals surface area (Å²) in [6, 6.07) is 6.42. The zero-order valence-corrected chi connectivity index (χ0v) is 23.0. The highest BCUT2D eigenvalue weighted by Crippen LogP contribution is 2.28. The van der Waals surface area contributed by atoms with Crippen molar-refractivity contribution < 1.29 is 31.9 Å². The maximum Gasteiger partial charge on any atom is 0.573 e. The van der Waals surface area contributed by atoms with Crippen molar-refractivity contribution in [2.75, 3.05) is 5.32 Å². The molecule has 0 aliphatic heterocycles. The van der Waals surface area contributed by atoms with Crippen LogP contribution < -0.4 is 15.4 Å². The Labute approximate surface area is 237 Å². The highest BCUT2D eigenvalue weighted by molar-refractivity contribution is 5.97. The second-order valence-corrected chi connectivity index (χ2v) is 10.2. The van der Waals surface area contributed by atoms with E-state index in [0.717, 1.165) is 18.2 Å². The normalized spacial score (nSPS) is 12.6. The third-order valence-corrected chi connectivity index (χ3v) is 6.43. The minimum Gasteiger partial charge on any atom is -0.406 e. The fraction of sp³-hybridized carbons (Fsp3) is 0.286. The Hall–Kier alpha value is -4.88. The predicted octanol–water partition coefficient (Wildman–Crippen LogP) is 5.63. The average Bonchev–Trinajstić information content (AvgIpc) is 3.30. The van der Waals surface area contributed by atoms with E-state index in [4.69, 9.17) is 5.41 Å². The SMILES string of the molecule is Cc1ncc(-c2ccc3nc(NC(=O)C(C)(C)CC=N)cn3n2)cc1C(=O)N[C@H](C)c1cc(OC(F)(F)F)ccc1F. The van der Waals surface area contributed by atoms with Crippen LogP contribution in [0.15, 0.2) is 48.8 Å². The molecular weight excluding hydrogens is 558 g/mol. The molecule has 42 heavy (non-hydrogen) atoms. The molecule has 0 unspecified atom stereocenters. The Kier molecular flexibility index (Phi) is 8.27. The molecule has 1 atom stereocenters. The summed E-state index contributed by atoms with van der Waals surface area (Å²) in [5.41, 5.74) is 0.866. The molecule has 10 nitrogen and oxygen atoms in total. The Morgan fingerprint density at radius 2 is 1.90 bits per heavy atom. The van der Waals surface area contributed by atoms with Crippen LogP contribution in [0.25, 0.3) is 16.9 Å². The number of hydrogen-bond acceptors (Lipinski definition) is 7. The highest BCUT2D eigenvalue weighted by Gasteiger charge is 2.32. The number of fused-ring (bicyclic) bond motifs is 1. The fourth-order valence-electron chi connectivity index (χ4n) is 4.04. The smallest absolute Gasteiger partial charge is 0.406 e. The lowest BCUT2D eigenvalue weighted by Crippen LogP contribution is -2.31. The van der Waals surface area contributed by atoms with Crippen molar-refractivity contribution in [1.82, 2.24) is 24.9 Å². The van der Waals surface area contributed by atoms with Crippen LogP contribution in [0.4, 0.5) is 23.4 Å². The minimum absolute atomic E-state index is 0.149. The number of amides is 2. The molecule has 0 aliphatic rings. The van der Waals surface area contributed by atoms with Crippen LogP contribution in [0.5, 0.6) is 5.75 Å². The molecule has 0 aliphatic carbocycles. The van der Waals surface area contributed by atoms with Gasteiger partial charge in [-0.05, 0) is 62.9 Å². The van der Waals surface area contributed by atoms with Gasteiger partial charge in [0, 0.05) is 22.7 Å². The third-order valence-electron chi connectivity index (χ3n) is 6.43. The van der Waals surface area contributed by atoms with E-state index in [2.05, 4.69) is 30.4 Å². The fourth-order valence-corrected chi connectivity index (χ4v) is 4.04. The van der Waals surface area contributed by atoms with Crippen LogP contribution in [0.3, 0.4) is 0 Å². The van der Waals surface area contributed by atoms with Crippen LogP contribution in [-0.2, 0) is 4.79 Å². The van der Waals surface area contributed by atoms with Crippen molar-refractivity contribution in [3.05, 3.63) is 71.4 Å². The van der Waals surface area contributed by atoms with Crippen molar-refractivity contribution in [1.29, 1.82) is 5.41 Å². The van der Waals surface area contributed by atoms with Crippen molar-refractivity contribution in [2.45, 2.75) is 46.5 Å². The van der Waals surface area contributed by atoms with Crippen molar-refractivity contribution in [3.63, 3.8) is 0 Å². The molecule has 0 spiro atoms. The number of pyridine rings is 1. The van der Waals surface area contributed by atoms with Gasteiger partial charge in [-0.3, -0.25) is 14.6 Å². The van der Waals surface area contributed by atoms with Crippen molar-refractivity contribution >= 4 is 29.5 Å². The number of nitrogens with one attached hydrogen (secondary N) is 3. The quantitative estimate of drug-likeness (QED) is 0.172. The monoisotopic (exact) mass is 585 g/mol. The van der Waals surface area contributed by atoms with Gasteiger partial charge >= 0.3 is 6.36 Å². The largest absolute Gasteiger partial charge is 0.573 e. The summed E-state index contributed by atoms with van der Waals surface area (Å²) < 4.78 is 57.6. The number of aryl methyl sites for hydroxylation is 1. The summed E-state index contributed by atoms with van der Waals surface area (Å²) >= 11 is 0. The summed E-state index contributed by atoms with van der Waals surface area (Å²) in [7, 11) is 0. The molecular formula is C28H27F4N7O3. The summed E-state index contributed by atoms with van der Waals surface area (Å²) in [6.45, 7) is 6.46. The molecule has 220 valence electrons. The van der Waals surface area contributed by atoms with Gasteiger partial charge in [0.2, 0.25) is 5.91 Å². The van der Waals surface area contributed by atoms with Crippen LogP contribution >= 0.6 is 0 Å². The lowest BCUT2D eigenvalue weighted by molar-refractivity contribution is -0.274. The van der Waals surface area contributed by atoms with E-state index in [0.29, 0.717) is 22.6 Å². The molecule has 2 amide bonds. The first-order chi connectivity index (χ1) is 19.7. The van der Waals surface area contributed by atoms with Gasteiger partial charge in [-0.2, -0.15) is 5.10 Å². The van der Waals surface area contributed by atoms with E-state index >= 15 is 0 Å². The number of hydrogen-bond donors (Lipinski definition) is 3.